The molecule has 0 spiro atoms. The van der Waals surface area contributed by atoms with E-state index in [1.54, 1.807) is 0 Å². The number of rotatable bonds is 9. The van der Waals surface area contributed by atoms with Gasteiger partial charge in [-0.1, -0.05) is 41.3 Å². The summed E-state index contributed by atoms with van der Waals surface area (Å²) in [7, 11) is 0. The smallest absolute Gasteiger partial charge is 0.236 e. The second kappa shape index (κ2) is 8.70. The fourth-order valence-corrected chi connectivity index (χ4v) is 4.33. The number of benzene rings is 1. The normalized spacial score (nSPS) is 13.5. The van der Waals surface area contributed by atoms with Crippen LogP contribution in [0.5, 0.6) is 5.75 Å². The van der Waals surface area contributed by atoms with Gasteiger partial charge in [-0.05, 0) is 31.9 Å². The zero-order valence-electron chi connectivity index (χ0n) is 15.4. The number of amides is 1. The highest BCUT2D eigenvalue weighted by Gasteiger charge is 2.27. The summed E-state index contributed by atoms with van der Waals surface area (Å²) in [5, 5.41) is 21.7. The Balaban J connectivity index is 1.31. The molecule has 8 nitrogen and oxygen atoms in total. The fraction of sp³-hybridized carbons (Fsp3) is 0.389. The Morgan fingerprint density at radius 3 is 2.82 bits per heavy atom. The van der Waals surface area contributed by atoms with Gasteiger partial charge >= 0.3 is 0 Å². The molecule has 1 fully saturated rings. The van der Waals surface area contributed by atoms with E-state index in [1.165, 1.54) is 35.9 Å². The van der Waals surface area contributed by atoms with Crippen LogP contribution in [-0.2, 0) is 17.9 Å². The molecule has 4 rings (SSSR count). The number of nitrogens with zero attached hydrogens (tertiary/aromatic N) is 5. The van der Waals surface area contributed by atoms with Gasteiger partial charge in [-0.3, -0.25) is 10.1 Å². The van der Waals surface area contributed by atoms with Crippen LogP contribution in [0.25, 0.3) is 0 Å². The van der Waals surface area contributed by atoms with Crippen LogP contribution in [-0.4, -0.2) is 36.6 Å². The van der Waals surface area contributed by atoms with Gasteiger partial charge in [-0.15, -0.1) is 20.4 Å². The summed E-state index contributed by atoms with van der Waals surface area (Å²) in [4.78, 5) is 12.2. The Kier molecular flexibility index (Phi) is 5.87. The van der Waals surface area contributed by atoms with E-state index in [0.717, 1.165) is 16.6 Å². The number of anilines is 1. The average molecular weight is 417 g/mol. The molecule has 0 bridgehead atoms. The van der Waals surface area contributed by atoms with Crippen molar-refractivity contribution in [2.75, 3.05) is 11.1 Å². The summed E-state index contributed by atoms with van der Waals surface area (Å²) in [6, 6.07) is 9.58. The monoisotopic (exact) mass is 416 g/mol. The first-order valence-corrected chi connectivity index (χ1v) is 10.9. The number of aromatic nitrogens is 5. The second-order valence-electron chi connectivity index (χ2n) is 6.30. The van der Waals surface area contributed by atoms with Crippen molar-refractivity contribution in [1.82, 2.24) is 25.0 Å². The Bertz CT molecular complexity index is 939. The van der Waals surface area contributed by atoms with E-state index in [-0.39, 0.29) is 11.7 Å². The van der Waals surface area contributed by atoms with Crippen molar-refractivity contribution in [2.45, 2.75) is 44.0 Å². The molecule has 2 heterocycles. The van der Waals surface area contributed by atoms with E-state index in [1.807, 2.05) is 41.8 Å². The highest BCUT2D eigenvalue weighted by molar-refractivity contribution is 7.99. The summed E-state index contributed by atoms with van der Waals surface area (Å²) >= 11 is 2.80. The first-order valence-electron chi connectivity index (χ1n) is 9.09. The van der Waals surface area contributed by atoms with Crippen molar-refractivity contribution >= 4 is 34.1 Å². The Morgan fingerprint density at radius 1 is 1.25 bits per heavy atom. The predicted octanol–water partition coefficient (Wildman–Crippen LogP) is 3.34. The molecule has 0 unspecified atom stereocenters. The van der Waals surface area contributed by atoms with Gasteiger partial charge < -0.3 is 9.30 Å². The third-order valence-corrected chi connectivity index (χ3v) is 6.13. The quantitative estimate of drug-likeness (QED) is 0.535. The Morgan fingerprint density at radius 2 is 2.07 bits per heavy atom. The van der Waals surface area contributed by atoms with Crippen LogP contribution in [0.15, 0.2) is 35.5 Å². The summed E-state index contributed by atoms with van der Waals surface area (Å²) in [5.41, 5.74) is 0. The SMILES string of the molecule is CCn1c(COc2ccccc2)nnc1SCC(=O)Nc1nnc(C2CC2)s1. The molecule has 1 N–H and O–H groups in total. The highest BCUT2D eigenvalue weighted by atomic mass is 32.2. The zero-order chi connectivity index (χ0) is 19.3. The maximum atomic E-state index is 12.2. The molecule has 10 heteroatoms. The van der Waals surface area contributed by atoms with Crippen LogP contribution >= 0.6 is 23.1 Å². The van der Waals surface area contributed by atoms with Gasteiger partial charge in [0, 0.05) is 12.5 Å². The number of thioether (sulfide) groups is 1. The number of carbonyl (C=O) groups excluding carboxylic acids is 1. The van der Waals surface area contributed by atoms with E-state index >= 15 is 0 Å². The van der Waals surface area contributed by atoms with E-state index in [9.17, 15) is 4.79 Å². The molecular formula is C18H20N6O2S2. The van der Waals surface area contributed by atoms with Gasteiger partial charge in [0.15, 0.2) is 11.0 Å². The first-order chi connectivity index (χ1) is 13.7. The maximum absolute atomic E-state index is 12.2. The number of carbonyl (C=O) groups is 1. The molecule has 1 aliphatic rings. The molecule has 0 saturated heterocycles. The molecule has 0 atom stereocenters. The van der Waals surface area contributed by atoms with Crippen LogP contribution in [0.1, 0.15) is 36.5 Å². The lowest BCUT2D eigenvalue weighted by Crippen LogP contribution is -2.14. The van der Waals surface area contributed by atoms with Gasteiger partial charge in [-0.25, -0.2) is 0 Å². The number of hydrogen-bond donors (Lipinski definition) is 1. The van der Waals surface area contributed by atoms with Crippen LogP contribution < -0.4 is 10.1 Å². The summed E-state index contributed by atoms with van der Waals surface area (Å²) in [5.74, 6) is 2.15. The van der Waals surface area contributed by atoms with Crippen molar-refractivity contribution in [3.8, 4) is 5.75 Å². The molecule has 3 aromatic rings. The number of para-hydroxylation sites is 1. The average Bonchev–Trinajstić information content (AvgIpc) is 3.33. The van der Waals surface area contributed by atoms with Crippen LogP contribution in [0.4, 0.5) is 5.13 Å². The lowest BCUT2D eigenvalue weighted by atomic mass is 10.3. The highest BCUT2D eigenvalue weighted by Crippen LogP contribution is 2.42. The van der Waals surface area contributed by atoms with Crippen LogP contribution in [0.3, 0.4) is 0 Å². The van der Waals surface area contributed by atoms with E-state index in [4.69, 9.17) is 4.74 Å². The summed E-state index contributed by atoms with van der Waals surface area (Å²) in [6.07, 6.45) is 2.34. The Hall–Kier alpha value is -2.46. The van der Waals surface area contributed by atoms with Gasteiger partial charge in [0.1, 0.15) is 17.4 Å². The van der Waals surface area contributed by atoms with Gasteiger partial charge in [-0.2, -0.15) is 0 Å². The van der Waals surface area contributed by atoms with Gasteiger partial charge in [0.05, 0.1) is 5.75 Å². The van der Waals surface area contributed by atoms with Crippen LogP contribution in [0.2, 0.25) is 0 Å². The molecule has 146 valence electrons. The van der Waals surface area contributed by atoms with E-state index in [0.29, 0.717) is 29.4 Å². The minimum atomic E-state index is -0.128. The lowest BCUT2D eigenvalue weighted by Gasteiger charge is -2.08. The van der Waals surface area contributed by atoms with Gasteiger partial charge in [0.2, 0.25) is 11.0 Å². The standard InChI is InChI=1S/C18H20N6O2S2/c1-2-24-14(10-26-13-6-4-3-5-7-13)20-23-18(24)27-11-15(25)19-17-22-21-16(28-17)12-8-9-12/h3-7,12H,2,8-11H2,1H3,(H,19,22,25). The minimum Gasteiger partial charge on any atom is -0.486 e. The zero-order valence-corrected chi connectivity index (χ0v) is 17.0. The molecule has 2 aromatic heterocycles. The number of nitrogens with one attached hydrogen (secondary N) is 1. The molecule has 0 aliphatic heterocycles. The predicted molar refractivity (Wildman–Crippen MR) is 108 cm³/mol. The molecule has 1 amide bonds. The molecule has 1 aliphatic carbocycles. The summed E-state index contributed by atoms with van der Waals surface area (Å²) < 4.78 is 7.71. The van der Waals surface area contributed by atoms with E-state index in [2.05, 4.69) is 25.7 Å². The van der Waals surface area contributed by atoms with Crippen LogP contribution in [0, 0.1) is 0 Å². The maximum Gasteiger partial charge on any atom is 0.236 e. The van der Waals surface area contributed by atoms with Crippen molar-refractivity contribution in [3.05, 3.63) is 41.2 Å². The molecular weight excluding hydrogens is 396 g/mol. The Labute approximate surface area is 170 Å². The van der Waals surface area contributed by atoms with Crippen molar-refractivity contribution in [3.63, 3.8) is 0 Å². The van der Waals surface area contributed by atoms with Crippen molar-refractivity contribution in [2.24, 2.45) is 0 Å². The minimum absolute atomic E-state index is 0.128. The fourth-order valence-electron chi connectivity index (χ4n) is 2.58. The molecule has 1 aromatic carbocycles. The molecule has 0 radical (unpaired) electrons. The third-order valence-electron chi connectivity index (χ3n) is 4.17. The molecule has 28 heavy (non-hydrogen) atoms. The van der Waals surface area contributed by atoms with Gasteiger partial charge in [0.25, 0.3) is 0 Å². The molecule has 1 saturated carbocycles. The lowest BCUT2D eigenvalue weighted by molar-refractivity contribution is -0.113. The first kappa shape index (κ1) is 18.9. The largest absolute Gasteiger partial charge is 0.486 e. The summed E-state index contributed by atoms with van der Waals surface area (Å²) in [6.45, 7) is 3.04. The van der Waals surface area contributed by atoms with Crippen molar-refractivity contribution < 1.29 is 9.53 Å². The van der Waals surface area contributed by atoms with E-state index < -0.39 is 0 Å². The topological polar surface area (TPSA) is 94.8 Å². The van der Waals surface area contributed by atoms with Crippen molar-refractivity contribution in [1.29, 1.82) is 0 Å². The number of hydrogen-bond acceptors (Lipinski definition) is 8. The second-order valence-corrected chi connectivity index (χ2v) is 8.25. The third kappa shape index (κ3) is 4.68. The number of ether oxygens (including phenoxy) is 1.